The Morgan fingerprint density at radius 1 is 0.293 bits per heavy atom. The molecule has 0 amide bonds. The zero-order valence-corrected chi connectivity index (χ0v) is 24.2. The summed E-state index contributed by atoms with van der Waals surface area (Å²) in [5, 5.41) is 0. The van der Waals surface area contributed by atoms with Crippen LogP contribution in [-0.2, 0) is 34.9 Å². The summed E-state index contributed by atoms with van der Waals surface area (Å²) in [6.45, 7) is 0.786. The van der Waals surface area contributed by atoms with E-state index in [1.807, 2.05) is 46.5 Å². The van der Waals surface area contributed by atoms with E-state index in [-0.39, 0.29) is 0 Å². The highest BCUT2D eigenvalue weighted by Gasteiger charge is 2.10. The SMILES string of the molecule is C[n+]1ccc(-c2cc[n+](C)cc2)cc1.C[n+]1ccc(-c2cc[n+](C[n+]3ccc(-c4cc[n+](C)cc4)cc3)cc2)cc1. The molecule has 6 aromatic rings. The van der Waals surface area contributed by atoms with Gasteiger partial charge in [-0.25, -0.2) is 18.3 Å². The van der Waals surface area contributed by atoms with Crippen LogP contribution in [0.15, 0.2) is 147 Å². The van der Waals surface area contributed by atoms with Gasteiger partial charge in [-0.05, 0) is 33.4 Å². The fourth-order valence-electron chi connectivity index (χ4n) is 4.45. The van der Waals surface area contributed by atoms with Gasteiger partial charge in [0.1, 0.15) is 28.2 Å². The molecule has 41 heavy (non-hydrogen) atoms. The topological polar surface area (TPSA) is 23.3 Å². The van der Waals surface area contributed by atoms with Crippen molar-refractivity contribution in [1.82, 2.24) is 0 Å². The molecule has 6 nitrogen and oxygen atoms in total. The Morgan fingerprint density at radius 2 is 0.463 bits per heavy atom. The van der Waals surface area contributed by atoms with Gasteiger partial charge in [0, 0.05) is 72.8 Å². The van der Waals surface area contributed by atoms with Crippen molar-refractivity contribution in [1.29, 1.82) is 0 Å². The van der Waals surface area contributed by atoms with E-state index < -0.39 is 0 Å². The summed E-state index contributed by atoms with van der Waals surface area (Å²) in [7, 11) is 8.11. The van der Waals surface area contributed by atoms with Gasteiger partial charge in [0.2, 0.25) is 0 Å². The fourth-order valence-corrected chi connectivity index (χ4v) is 4.45. The Kier molecular flexibility index (Phi) is 8.60. The summed E-state index contributed by atoms with van der Waals surface area (Å²) in [6, 6.07) is 25.7. The molecule has 0 spiro atoms. The highest BCUT2D eigenvalue weighted by atomic mass is 15.1. The molecule has 0 saturated carbocycles. The van der Waals surface area contributed by atoms with Crippen LogP contribution in [-0.4, -0.2) is 0 Å². The Morgan fingerprint density at radius 3 is 0.659 bits per heavy atom. The number of rotatable bonds is 5. The summed E-state index contributed by atoms with van der Waals surface area (Å²) < 4.78 is 12.5. The molecule has 0 unspecified atom stereocenters. The van der Waals surface area contributed by atoms with Crippen LogP contribution in [0.4, 0.5) is 0 Å². The molecule has 0 aromatic carbocycles. The minimum absolute atomic E-state index is 0.786. The van der Waals surface area contributed by atoms with Gasteiger partial charge in [0.15, 0.2) is 74.4 Å². The monoisotopic (exact) mass is 542 g/mol. The maximum Gasteiger partial charge on any atom is 0.343 e. The summed E-state index contributed by atoms with van der Waals surface area (Å²) in [5.74, 6) is 0. The van der Waals surface area contributed by atoms with E-state index in [0.717, 1.165) is 6.67 Å². The van der Waals surface area contributed by atoms with Gasteiger partial charge in [-0.1, -0.05) is 0 Å². The highest BCUT2D eigenvalue weighted by molar-refractivity contribution is 5.62. The molecule has 6 aromatic heterocycles. The number of nitrogens with zero attached hydrogens (tertiary/aromatic N) is 6. The Hall–Kier alpha value is -5.10. The van der Waals surface area contributed by atoms with Crippen molar-refractivity contribution in [3.63, 3.8) is 0 Å². The first-order chi connectivity index (χ1) is 19.9. The minimum atomic E-state index is 0.786. The predicted octanol–water partition coefficient (Wildman–Crippen LogP) is 2.75. The molecule has 202 valence electrons. The predicted molar refractivity (Wildman–Crippen MR) is 156 cm³/mol. The first kappa shape index (κ1) is 27.5. The second-order valence-electron chi connectivity index (χ2n) is 10.4. The lowest BCUT2D eigenvalue weighted by Crippen LogP contribution is -2.50. The molecule has 0 aliphatic carbocycles. The lowest BCUT2D eigenvalue weighted by atomic mass is 10.1. The van der Waals surface area contributed by atoms with Crippen LogP contribution in [0.25, 0.3) is 33.4 Å². The van der Waals surface area contributed by atoms with Gasteiger partial charge in [-0.3, -0.25) is 0 Å². The van der Waals surface area contributed by atoms with Gasteiger partial charge in [-0.2, -0.15) is 0 Å². The molecular formula is C35H38N6+6. The standard InChI is InChI=1S/C23H24N4.C12H14N2/c1-24-11-3-20(4-12-24)22-7-15-26(16-8-22)19-27-17-9-23(10-18-27)21-5-13-25(2)14-6-21;1-13-7-3-11(4-8-13)12-5-9-14(2)10-6-12/h3-18H,19H2,1-2H3;3-10H,1-2H3/q+4;+2. The average molecular weight is 543 g/mol. The van der Waals surface area contributed by atoms with Crippen LogP contribution in [0.2, 0.25) is 0 Å². The molecule has 0 aliphatic heterocycles. The van der Waals surface area contributed by atoms with E-state index in [4.69, 9.17) is 0 Å². The molecule has 0 N–H and O–H groups in total. The van der Waals surface area contributed by atoms with E-state index in [0.29, 0.717) is 0 Å². The largest absolute Gasteiger partial charge is 0.343 e. The second kappa shape index (κ2) is 12.8. The molecule has 0 aliphatic rings. The second-order valence-corrected chi connectivity index (χ2v) is 10.4. The number of hydrogen-bond donors (Lipinski definition) is 0. The third-order valence-corrected chi connectivity index (χ3v) is 7.02. The molecule has 6 heterocycles. The van der Waals surface area contributed by atoms with Crippen molar-refractivity contribution in [3.05, 3.63) is 147 Å². The normalized spacial score (nSPS) is 10.5. The van der Waals surface area contributed by atoms with E-state index in [1.54, 1.807) is 0 Å². The van der Waals surface area contributed by atoms with Crippen LogP contribution in [0, 0.1) is 0 Å². The van der Waals surface area contributed by atoms with E-state index in [2.05, 4.69) is 156 Å². The third-order valence-electron chi connectivity index (χ3n) is 7.02. The van der Waals surface area contributed by atoms with Crippen LogP contribution < -0.4 is 27.4 Å². The maximum atomic E-state index is 2.18. The minimum Gasteiger partial charge on any atom is -0.208 e. The van der Waals surface area contributed by atoms with E-state index in [9.17, 15) is 0 Å². The summed E-state index contributed by atoms with van der Waals surface area (Å²) >= 11 is 0. The van der Waals surface area contributed by atoms with Crippen molar-refractivity contribution >= 4 is 0 Å². The quantitative estimate of drug-likeness (QED) is 0.299. The molecule has 6 heteroatoms. The molecule has 0 fully saturated rings. The first-order valence-corrected chi connectivity index (χ1v) is 13.7. The third kappa shape index (κ3) is 7.51. The van der Waals surface area contributed by atoms with Gasteiger partial charge in [0.25, 0.3) is 0 Å². The van der Waals surface area contributed by atoms with Crippen molar-refractivity contribution in [3.8, 4) is 33.4 Å². The van der Waals surface area contributed by atoms with E-state index in [1.165, 1.54) is 33.4 Å². The molecule has 0 atom stereocenters. The zero-order valence-electron chi connectivity index (χ0n) is 24.2. The highest BCUT2D eigenvalue weighted by Crippen LogP contribution is 2.17. The lowest BCUT2D eigenvalue weighted by molar-refractivity contribution is -0.913. The summed E-state index contributed by atoms with van der Waals surface area (Å²) in [4.78, 5) is 0. The zero-order chi connectivity index (χ0) is 28.6. The van der Waals surface area contributed by atoms with E-state index >= 15 is 0 Å². The van der Waals surface area contributed by atoms with Gasteiger partial charge in [0.05, 0.1) is 0 Å². The molecule has 6 rings (SSSR count). The molecule has 0 radical (unpaired) electrons. The van der Waals surface area contributed by atoms with Crippen molar-refractivity contribution in [2.75, 3.05) is 0 Å². The molecule has 0 bridgehead atoms. The van der Waals surface area contributed by atoms with Crippen molar-refractivity contribution in [2.45, 2.75) is 6.67 Å². The summed E-state index contributed by atoms with van der Waals surface area (Å²) in [5.41, 5.74) is 7.42. The Balaban J connectivity index is 0.000000202. The maximum absolute atomic E-state index is 2.18. The van der Waals surface area contributed by atoms with Crippen molar-refractivity contribution < 1.29 is 27.4 Å². The Bertz CT molecular complexity index is 1550. The lowest BCUT2D eigenvalue weighted by Gasteiger charge is -2.01. The Labute approximate surface area is 242 Å². The molecular weight excluding hydrogens is 504 g/mol. The van der Waals surface area contributed by atoms with Crippen LogP contribution in [0.1, 0.15) is 0 Å². The van der Waals surface area contributed by atoms with Gasteiger partial charge < -0.3 is 0 Å². The van der Waals surface area contributed by atoms with Crippen molar-refractivity contribution in [2.24, 2.45) is 28.2 Å². The molecule has 0 saturated heterocycles. The smallest absolute Gasteiger partial charge is 0.208 e. The van der Waals surface area contributed by atoms with Gasteiger partial charge >= 0.3 is 6.67 Å². The summed E-state index contributed by atoms with van der Waals surface area (Å²) in [6.07, 6.45) is 25.0. The van der Waals surface area contributed by atoms with Crippen LogP contribution in [0.5, 0.6) is 0 Å². The van der Waals surface area contributed by atoms with Gasteiger partial charge in [-0.15, -0.1) is 9.13 Å². The van der Waals surface area contributed by atoms with Crippen LogP contribution in [0.3, 0.4) is 0 Å². The van der Waals surface area contributed by atoms with Crippen LogP contribution >= 0.6 is 0 Å². The number of aryl methyl sites for hydroxylation is 4. The first-order valence-electron chi connectivity index (χ1n) is 13.7. The fraction of sp³-hybridized carbons (Fsp3) is 0.143. The number of hydrogen-bond acceptors (Lipinski definition) is 0. The number of pyridine rings is 6. The average Bonchev–Trinajstić information content (AvgIpc) is 3.00. The number of aromatic nitrogens is 6.